The maximum absolute atomic E-state index is 11.6. The summed E-state index contributed by atoms with van der Waals surface area (Å²) < 4.78 is 4.99. The third-order valence-corrected chi connectivity index (χ3v) is 2.98. The van der Waals surface area contributed by atoms with Crippen molar-refractivity contribution < 1.29 is 14.6 Å². The molecule has 0 heterocycles. The average Bonchev–Trinajstić information content (AvgIpc) is 2.53. The minimum Gasteiger partial charge on any atom is -0.465 e. The summed E-state index contributed by atoms with van der Waals surface area (Å²) in [5, 5.41) is 9.60. The van der Waals surface area contributed by atoms with Crippen LogP contribution in [0.4, 0.5) is 0 Å². The number of hydrogen-bond donors (Lipinski definition) is 1. The van der Waals surface area contributed by atoms with Crippen LogP contribution in [-0.2, 0) is 9.53 Å². The number of ether oxygens (including phenoxy) is 1. The maximum Gasteiger partial charge on any atom is 0.314 e. The molecule has 3 nitrogen and oxygen atoms in total. The van der Waals surface area contributed by atoms with Crippen molar-refractivity contribution in [3.63, 3.8) is 0 Å². The summed E-state index contributed by atoms with van der Waals surface area (Å²) in [5.41, 5.74) is -0.601. The zero-order chi connectivity index (χ0) is 9.90. The lowest BCUT2D eigenvalue weighted by molar-refractivity contribution is -0.161. The lowest BCUT2D eigenvalue weighted by Gasteiger charge is -2.29. The summed E-state index contributed by atoms with van der Waals surface area (Å²) in [4.78, 5) is 11.6. The van der Waals surface area contributed by atoms with Crippen LogP contribution in [-0.4, -0.2) is 23.8 Å². The van der Waals surface area contributed by atoms with Crippen LogP contribution in [0.15, 0.2) is 0 Å². The third kappa shape index (κ3) is 1.85. The van der Waals surface area contributed by atoms with Gasteiger partial charge in [0.1, 0.15) is 0 Å². The minimum atomic E-state index is -0.601. The molecule has 76 valence electrons. The quantitative estimate of drug-likeness (QED) is 0.679. The largest absolute Gasteiger partial charge is 0.465 e. The van der Waals surface area contributed by atoms with Gasteiger partial charge >= 0.3 is 5.97 Å². The van der Waals surface area contributed by atoms with Crippen molar-refractivity contribution >= 4 is 5.97 Å². The molecular formula is C10H18O3. The highest BCUT2D eigenvalue weighted by Gasteiger charge is 2.46. The van der Waals surface area contributed by atoms with Gasteiger partial charge in [-0.1, -0.05) is 12.8 Å². The molecule has 1 rings (SSSR count). The predicted octanol–water partition coefficient (Wildman–Crippen LogP) is 1.49. The number of hydrogen-bond acceptors (Lipinski definition) is 3. The molecule has 0 amide bonds. The second kappa shape index (κ2) is 4.09. The standard InChI is InChI=1S/C10H18O3/c1-3-13-9(12)10(8(2)11)6-4-5-7-10/h8,11H,3-7H2,1-2H3/t8-/m1/s1. The van der Waals surface area contributed by atoms with Gasteiger partial charge in [-0.15, -0.1) is 0 Å². The third-order valence-electron chi connectivity index (χ3n) is 2.98. The van der Waals surface area contributed by atoms with E-state index in [1.807, 2.05) is 0 Å². The molecule has 0 unspecified atom stereocenters. The van der Waals surface area contributed by atoms with E-state index in [2.05, 4.69) is 0 Å². The van der Waals surface area contributed by atoms with Crippen LogP contribution in [0.5, 0.6) is 0 Å². The number of esters is 1. The molecule has 0 saturated heterocycles. The van der Waals surface area contributed by atoms with Gasteiger partial charge in [0.15, 0.2) is 0 Å². The smallest absolute Gasteiger partial charge is 0.314 e. The van der Waals surface area contributed by atoms with E-state index < -0.39 is 11.5 Å². The monoisotopic (exact) mass is 186 g/mol. The van der Waals surface area contributed by atoms with Crippen molar-refractivity contribution in [1.82, 2.24) is 0 Å². The summed E-state index contributed by atoms with van der Waals surface area (Å²) in [6, 6.07) is 0. The number of aliphatic hydroxyl groups is 1. The van der Waals surface area contributed by atoms with E-state index in [1.54, 1.807) is 13.8 Å². The van der Waals surface area contributed by atoms with Gasteiger partial charge in [0.05, 0.1) is 18.1 Å². The van der Waals surface area contributed by atoms with Crippen molar-refractivity contribution in [3.8, 4) is 0 Å². The van der Waals surface area contributed by atoms with Crippen molar-refractivity contribution in [2.75, 3.05) is 6.61 Å². The van der Waals surface area contributed by atoms with Crippen molar-refractivity contribution in [2.24, 2.45) is 5.41 Å². The first-order valence-electron chi connectivity index (χ1n) is 4.99. The molecule has 0 aliphatic heterocycles. The molecule has 1 fully saturated rings. The molecule has 0 aromatic carbocycles. The van der Waals surface area contributed by atoms with Gasteiger partial charge in [0, 0.05) is 0 Å². The van der Waals surface area contributed by atoms with E-state index in [4.69, 9.17) is 4.74 Å². The highest BCUT2D eigenvalue weighted by Crippen LogP contribution is 2.42. The molecule has 0 radical (unpaired) electrons. The molecule has 0 aromatic rings. The average molecular weight is 186 g/mol. The zero-order valence-electron chi connectivity index (χ0n) is 8.38. The molecule has 1 N–H and O–H groups in total. The Morgan fingerprint density at radius 1 is 1.54 bits per heavy atom. The molecule has 1 atom stereocenters. The highest BCUT2D eigenvalue weighted by molar-refractivity contribution is 5.77. The minimum absolute atomic E-state index is 0.220. The first kappa shape index (κ1) is 10.5. The Labute approximate surface area is 79.1 Å². The Kier molecular flexibility index (Phi) is 3.31. The van der Waals surface area contributed by atoms with Crippen molar-refractivity contribution in [2.45, 2.75) is 45.6 Å². The maximum atomic E-state index is 11.6. The van der Waals surface area contributed by atoms with Crippen LogP contribution >= 0.6 is 0 Å². The second-order valence-corrected chi connectivity index (χ2v) is 3.76. The number of aliphatic hydroxyl groups excluding tert-OH is 1. The fourth-order valence-electron chi connectivity index (χ4n) is 2.07. The first-order valence-corrected chi connectivity index (χ1v) is 4.99. The topological polar surface area (TPSA) is 46.5 Å². The molecule has 1 aliphatic carbocycles. The normalized spacial score (nSPS) is 22.7. The molecule has 0 aromatic heterocycles. The van der Waals surface area contributed by atoms with Crippen LogP contribution in [0.2, 0.25) is 0 Å². The second-order valence-electron chi connectivity index (χ2n) is 3.76. The SMILES string of the molecule is CCOC(=O)C1([C@@H](C)O)CCCC1. The van der Waals surface area contributed by atoms with E-state index >= 15 is 0 Å². The van der Waals surface area contributed by atoms with Gasteiger partial charge in [-0.3, -0.25) is 4.79 Å². The zero-order valence-corrected chi connectivity index (χ0v) is 8.38. The fourth-order valence-corrected chi connectivity index (χ4v) is 2.07. The Morgan fingerprint density at radius 2 is 2.08 bits per heavy atom. The predicted molar refractivity (Wildman–Crippen MR) is 49.2 cm³/mol. The summed E-state index contributed by atoms with van der Waals surface area (Å²) in [5.74, 6) is -0.220. The van der Waals surface area contributed by atoms with Crippen LogP contribution < -0.4 is 0 Å². The molecule has 1 aliphatic rings. The number of carbonyl (C=O) groups is 1. The number of carbonyl (C=O) groups excluding carboxylic acids is 1. The Bertz CT molecular complexity index is 181. The highest BCUT2D eigenvalue weighted by atomic mass is 16.5. The molecular weight excluding hydrogens is 168 g/mol. The van der Waals surface area contributed by atoms with Crippen LogP contribution in [0, 0.1) is 5.41 Å². The Balaban J connectivity index is 2.72. The van der Waals surface area contributed by atoms with Gasteiger partial charge < -0.3 is 9.84 Å². The van der Waals surface area contributed by atoms with Gasteiger partial charge in [0.2, 0.25) is 0 Å². The van der Waals surface area contributed by atoms with Gasteiger partial charge in [-0.25, -0.2) is 0 Å². The molecule has 0 bridgehead atoms. The van der Waals surface area contributed by atoms with Crippen molar-refractivity contribution in [3.05, 3.63) is 0 Å². The fraction of sp³-hybridized carbons (Fsp3) is 0.900. The van der Waals surface area contributed by atoms with Crippen LogP contribution in [0.3, 0.4) is 0 Å². The van der Waals surface area contributed by atoms with Gasteiger partial charge in [-0.2, -0.15) is 0 Å². The Morgan fingerprint density at radius 3 is 2.46 bits per heavy atom. The summed E-state index contributed by atoms with van der Waals surface area (Å²) in [6.45, 7) is 3.87. The molecule has 13 heavy (non-hydrogen) atoms. The van der Waals surface area contributed by atoms with Gasteiger partial charge in [-0.05, 0) is 26.7 Å². The molecule has 3 heteroatoms. The first-order chi connectivity index (χ1) is 6.13. The van der Waals surface area contributed by atoms with Gasteiger partial charge in [0.25, 0.3) is 0 Å². The molecule has 0 spiro atoms. The summed E-state index contributed by atoms with van der Waals surface area (Å²) >= 11 is 0. The van der Waals surface area contributed by atoms with Crippen LogP contribution in [0.25, 0.3) is 0 Å². The van der Waals surface area contributed by atoms with E-state index in [9.17, 15) is 9.90 Å². The lowest BCUT2D eigenvalue weighted by Crippen LogP contribution is -2.39. The van der Waals surface area contributed by atoms with E-state index in [0.29, 0.717) is 6.61 Å². The van der Waals surface area contributed by atoms with E-state index in [-0.39, 0.29) is 5.97 Å². The van der Waals surface area contributed by atoms with Crippen molar-refractivity contribution in [1.29, 1.82) is 0 Å². The van der Waals surface area contributed by atoms with Crippen LogP contribution in [0.1, 0.15) is 39.5 Å². The van der Waals surface area contributed by atoms with E-state index in [0.717, 1.165) is 25.7 Å². The lowest BCUT2D eigenvalue weighted by atomic mass is 9.81. The Hall–Kier alpha value is -0.570. The summed E-state index contributed by atoms with van der Waals surface area (Å²) in [6.07, 6.45) is 2.98. The number of rotatable bonds is 3. The molecule has 1 saturated carbocycles. The van der Waals surface area contributed by atoms with E-state index in [1.165, 1.54) is 0 Å². The summed E-state index contributed by atoms with van der Waals surface area (Å²) in [7, 11) is 0.